The number of rotatable bonds is 7. The predicted octanol–water partition coefficient (Wildman–Crippen LogP) is 4.02. The van der Waals surface area contributed by atoms with Gasteiger partial charge in [0.2, 0.25) is 5.91 Å². The Bertz CT molecular complexity index is 1040. The average molecular weight is 418 g/mol. The van der Waals surface area contributed by atoms with E-state index in [-0.39, 0.29) is 18.0 Å². The second-order valence-electron chi connectivity index (χ2n) is 6.41. The first kappa shape index (κ1) is 20.8. The number of hydrogen-bond acceptors (Lipinski definition) is 5. The van der Waals surface area contributed by atoms with E-state index >= 15 is 0 Å². The summed E-state index contributed by atoms with van der Waals surface area (Å²) in [5.74, 6) is -0.573. The van der Waals surface area contributed by atoms with E-state index in [2.05, 4.69) is 15.5 Å². The van der Waals surface area contributed by atoms with E-state index < -0.39 is 17.5 Å². The van der Waals surface area contributed by atoms with Gasteiger partial charge in [-0.05, 0) is 43.2 Å². The zero-order valence-corrected chi connectivity index (χ0v) is 17.0. The van der Waals surface area contributed by atoms with E-state index in [1.165, 1.54) is 6.07 Å². The third-order valence-electron chi connectivity index (χ3n) is 4.37. The van der Waals surface area contributed by atoms with E-state index in [0.717, 1.165) is 34.7 Å². The highest BCUT2D eigenvalue weighted by atomic mass is 32.2. The number of hydrogen-bond donors (Lipinski definition) is 1. The molecule has 0 aliphatic rings. The lowest BCUT2D eigenvalue weighted by atomic mass is 10.1. The number of ether oxygens (including phenoxy) is 1. The molecule has 0 aliphatic carbocycles. The van der Waals surface area contributed by atoms with E-state index in [1.54, 1.807) is 11.6 Å². The molecule has 0 aliphatic heterocycles. The van der Waals surface area contributed by atoms with Crippen molar-refractivity contribution in [2.24, 2.45) is 7.05 Å². The topological polar surface area (TPSA) is 69.0 Å². The smallest absolute Gasteiger partial charge is 0.234 e. The Balaban J connectivity index is 1.56. The molecule has 0 radical (unpaired) electrons. The molecule has 29 heavy (non-hydrogen) atoms. The molecule has 0 saturated heterocycles. The Morgan fingerprint density at radius 2 is 2.00 bits per heavy atom. The average Bonchev–Trinajstić information content (AvgIpc) is 3.03. The van der Waals surface area contributed by atoms with Crippen molar-refractivity contribution in [3.63, 3.8) is 0 Å². The fourth-order valence-electron chi connectivity index (χ4n) is 2.53. The molecule has 0 atom stereocenters. The van der Waals surface area contributed by atoms with Gasteiger partial charge in [0.15, 0.2) is 11.0 Å². The Morgan fingerprint density at radius 3 is 2.76 bits per heavy atom. The van der Waals surface area contributed by atoms with Crippen LogP contribution in [0.25, 0.3) is 0 Å². The first-order chi connectivity index (χ1) is 13.8. The van der Waals surface area contributed by atoms with Crippen LogP contribution in [0.4, 0.5) is 14.5 Å². The molecule has 152 valence electrons. The van der Waals surface area contributed by atoms with Gasteiger partial charge in [-0.2, -0.15) is 0 Å². The van der Waals surface area contributed by atoms with Crippen LogP contribution in [0.5, 0.6) is 5.75 Å². The molecule has 1 N–H and O–H groups in total. The summed E-state index contributed by atoms with van der Waals surface area (Å²) in [6, 6.07) is 8.82. The lowest BCUT2D eigenvalue weighted by molar-refractivity contribution is -0.113. The minimum atomic E-state index is -0.826. The molecule has 0 bridgehead atoms. The normalized spacial score (nSPS) is 10.8. The van der Waals surface area contributed by atoms with E-state index in [1.807, 2.05) is 32.0 Å². The summed E-state index contributed by atoms with van der Waals surface area (Å²) in [7, 11) is 1.78. The van der Waals surface area contributed by atoms with Gasteiger partial charge in [-0.1, -0.05) is 23.9 Å². The van der Waals surface area contributed by atoms with Crippen molar-refractivity contribution in [1.29, 1.82) is 0 Å². The van der Waals surface area contributed by atoms with Crippen LogP contribution in [0, 0.1) is 25.5 Å². The van der Waals surface area contributed by atoms with Gasteiger partial charge in [0.1, 0.15) is 24.0 Å². The fourth-order valence-corrected chi connectivity index (χ4v) is 3.26. The van der Waals surface area contributed by atoms with Crippen LogP contribution in [0.2, 0.25) is 0 Å². The second kappa shape index (κ2) is 9.04. The van der Waals surface area contributed by atoms with Gasteiger partial charge in [0.05, 0.1) is 11.4 Å². The maximum absolute atomic E-state index is 13.6. The summed E-state index contributed by atoms with van der Waals surface area (Å²) in [5.41, 5.74) is 2.13. The number of anilines is 1. The van der Waals surface area contributed by atoms with Crippen LogP contribution in [0.15, 0.2) is 41.6 Å². The summed E-state index contributed by atoms with van der Waals surface area (Å²) < 4.78 is 34.1. The summed E-state index contributed by atoms with van der Waals surface area (Å²) in [5, 5.41) is 11.1. The van der Waals surface area contributed by atoms with Crippen molar-refractivity contribution in [3.8, 4) is 5.75 Å². The Labute approximate surface area is 171 Å². The Morgan fingerprint density at radius 1 is 1.21 bits per heavy atom. The van der Waals surface area contributed by atoms with E-state index in [9.17, 15) is 13.6 Å². The number of carbonyl (C=O) groups excluding carboxylic acids is 1. The number of benzene rings is 2. The first-order valence-corrected chi connectivity index (χ1v) is 9.78. The third kappa shape index (κ3) is 5.11. The van der Waals surface area contributed by atoms with Crippen molar-refractivity contribution in [2.75, 3.05) is 11.1 Å². The van der Waals surface area contributed by atoms with Crippen LogP contribution in [0.3, 0.4) is 0 Å². The zero-order valence-electron chi connectivity index (χ0n) is 16.2. The molecule has 3 aromatic rings. The molecule has 6 nitrogen and oxygen atoms in total. The number of amides is 1. The maximum atomic E-state index is 13.6. The zero-order chi connectivity index (χ0) is 21.0. The highest BCUT2D eigenvalue weighted by Crippen LogP contribution is 2.22. The molecule has 2 aromatic carbocycles. The molecular weight excluding hydrogens is 398 g/mol. The summed E-state index contributed by atoms with van der Waals surface area (Å²) in [6.45, 7) is 4.24. The minimum Gasteiger partial charge on any atom is -0.485 e. The largest absolute Gasteiger partial charge is 0.485 e. The molecule has 0 spiro atoms. The molecule has 1 heterocycles. The number of aryl methyl sites for hydroxylation is 1. The van der Waals surface area contributed by atoms with Crippen LogP contribution in [0.1, 0.15) is 17.0 Å². The van der Waals surface area contributed by atoms with Crippen LogP contribution < -0.4 is 10.1 Å². The van der Waals surface area contributed by atoms with E-state index in [4.69, 9.17) is 4.74 Å². The van der Waals surface area contributed by atoms with Crippen molar-refractivity contribution >= 4 is 23.4 Å². The highest BCUT2D eigenvalue weighted by molar-refractivity contribution is 7.99. The van der Waals surface area contributed by atoms with Gasteiger partial charge >= 0.3 is 0 Å². The Hall–Kier alpha value is -2.94. The van der Waals surface area contributed by atoms with Crippen molar-refractivity contribution < 1.29 is 18.3 Å². The van der Waals surface area contributed by atoms with Crippen molar-refractivity contribution in [2.45, 2.75) is 25.6 Å². The molecule has 9 heteroatoms. The lowest BCUT2D eigenvalue weighted by Gasteiger charge is -2.10. The van der Waals surface area contributed by atoms with Crippen LogP contribution in [-0.4, -0.2) is 26.4 Å². The molecule has 3 rings (SSSR count). The second-order valence-corrected chi connectivity index (χ2v) is 7.35. The monoisotopic (exact) mass is 418 g/mol. The van der Waals surface area contributed by atoms with Crippen molar-refractivity contribution in [3.05, 3.63) is 65.0 Å². The summed E-state index contributed by atoms with van der Waals surface area (Å²) in [4.78, 5) is 12.0. The molecule has 0 unspecified atom stereocenters. The van der Waals surface area contributed by atoms with Crippen molar-refractivity contribution in [1.82, 2.24) is 14.8 Å². The van der Waals surface area contributed by atoms with Gasteiger partial charge in [-0.15, -0.1) is 10.2 Å². The molecule has 1 amide bonds. The third-order valence-corrected chi connectivity index (χ3v) is 5.39. The number of aromatic nitrogens is 3. The van der Waals surface area contributed by atoms with Gasteiger partial charge in [-0.3, -0.25) is 4.79 Å². The van der Waals surface area contributed by atoms with Gasteiger partial charge < -0.3 is 14.6 Å². The summed E-state index contributed by atoms with van der Waals surface area (Å²) in [6.07, 6.45) is 0. The predicted molar refractivity (Wildman–Crippen MR) is 107 cm³/mol. The van der Waals surface area contributed by atoms with Gasteiger partial charge in [0, 0.05) is 13.1 Å². The van der Waals surface area contributed by atoms with Crippen LogP contribution in [-0.2, 0) is 18.4 Å². The fraction of sp³-hybridized carbons (Fsp3) is 0.250. The quantitative estimate of drug-likeness (QED) is 0.587. The Kier molecular flexibility index (Phi) is 6.48. The van der Waals surface area contributed by atoms with Crippen LogP contribution >= 0.6 is 11.8 Å². The number of nitrogens with zero attached hydrogens (tertiary/aromatic N) is 3. The molecule has 0 saturated carbocycles. The lowest BCUT2D eigenvalue weighted by Crippen LogP contribution is -2.15. The number of halogens is 2. The minimum absolute atomic E-state index is 0.000630. The molecule has 1 aromatic heterocycles. The highest BCUT2D eigenvalue weighted by Gasteiger charge is 2.14. The standard InChI is InChI=1S/C20H20F2N4O2S/c1-12-5-4-6-17(13(12)2)28-10-18-24-25-20(26(18)3)29-11-19(27)23-16-8-7-14(21)9-15(16)22/h4-9H,10-11H2,1-3H3,(H,23,27). The number of nitrogens with one attached hydrogen (secondary N) is 1. The summed E-state index contributed by atoms with van der Waals surface area (Å²) >= 11 is 1.16. The SMILES string of the molecule is Cc1cccc(OCc2nnc(SCC(=O)Nc3ccc(F)cc3F)n2C)c1C. The maximum Gasteiger partial charge on any atom is 0.234 e. The molecule has 0 fully saturated rings. The number of thioether (sulfide) groups is 1. The van der Waals surface area contributed by atoms with E-state index in [0.29, 0.717) is 17.0 Å². The first-order valence-electron chi connectivity index (χ1n) is 8.80. The van der Waals surface area contributed by atoms with Gasteiger partial charge in [-0.25, -0.2) is 8.78 Å². The molecular formula is C20H20F2N4O2S. The number of carbonyl (C=O) groups is 1. The van der Waals surface area contributed by atoms with Gasteiger partial charge in [0.25, 0.3) is 0 Å².